The van der Waals surface area contributed by atoms with Crippen molar-refractivity contribution < 1.29 is 0 Å². The summed E-state index contributed by atoms with van der Waals surface area (Å²) in [5, 5.41) is 0. The Balaban J connectivity index is 1.90. The van der Waals surface area contributed by atoms with E-state index in [1.54, 1.807) is 0 Å². The fraction of sp³-hybridized carbons (Fsp3) is 0. The molecule has 115 valence electrons. The molecule has 0 nitrogen and oxygen atoms in total. The first-order chi connectivity index (χ1) is 12.4. The molecule has 0 saturated carbocycles. The molecule has 4 aromatic carbocycles. The molecule has 0 spiro atoms. The molecule has 25 heavy (non-hydrogen) atoms. The lowest BCUT2D eigenvalue weighted by Crippen LogP contribution is -2.30. The van der Waals surface area contributed by atoms with E-state index in [9.17, 15) is 0 Å². The van der Waals surface area contributed by atoms with Crippen LogP contribution in [0.1, 0.15) is 0 Å². The molecular weight excluding hydrogens is 299 g/mol. The first kappa shape index (κ1) is 15.3. The van der Waals surface area contributed by atoms with Crippen LogP contribution in [0.5, 0.6) is 0 Å². The topological polar surface area (TPSA) is 0 Å². The van der Waals surface area contributed by atoms with Crippen molar-refractivity contribution in [1.29, 1.82) is 0 Å². The predicted molar refractivity (Wildman–Crippen MR) is 106 cm³/mol. The molecule has 0 saturated heterocycles. The van der Waals surface area contributed by atoms with E-state index in [-0.39, 0.29) is 0 Å². The maximum Gasteiger partial charge on any atom is 0.193 e. The number of rotatable bonds is 4. The first-order valence-electron chi connectivity index (χ1n) is 8.38. The quantitative estimate of drug-likeness (QED) is 0.493. The van der Waals surface area contributed by atoms with Crippen LogP contribution in [-0.2, 0) is 0 Å². The Hall–Kier alpha value is -3.24. The summed E-state index contributed by atoms with van der Waals surface area (Å²) in [6.45, 7) is 0. The van der Waals surface area contributed by atoms with Crippen molar-refractivity contribution in [2.75, 3.05) is 0 Å². The summed E-state index contributed by atoms with van der Waals surface area (Å²) in [5.41, 5.74) is 7.25. The van der Waals surface area contributed by atoms with E-state index in [1.165, 1.54) is 27.7 Å². The Kier molecular flexibility index (Phi) is 4.36. The van der Waals surface area contributed by atoms with Gasteiger partial charge in [0, 0.05) is 0 Å². The SMILES string of the molecule is [B](c1cc#ccc1)c1c(-c2ccccc2)cccc1-c1ccccc1. The zero-order chi connectivity index (χ0) is 16.9. The van der Waals surface area contributed by atoms with Crippen LogP contribution in [0.3, 0.4) is 0 Å². The Morgan fingerprint density at radius 1 is 0.560 bits per heavy atom. The van der Waals surface area contributed by atoms with E-state index in [0.717, 1.165) is 5.46 Å². The second-order valence-electron chi connectivity index (χ2n) is 5.91. The molecule has 4 rings (SSSR count). The Bertz CT molecular complexity index is 887. The molecule has 0 N–H and O–H groups in total. The van der Waals surface area contributed by atoms with Gasteiger partial charge >= 0.3 is 0 Å². The maximum atomic E-state index is 3.04. The van der Waals surface area contributed by atoms with Gasteiger partial charge in [0.15, 0.2) is 7.28 Å². The molecule has 0 aliphatic rings. The van der Waals surface area contributed by atoms with Gasteiger partial charge in [0.25, 0.3) is 0 Å². The largest absolute Gasteiger partial charge is 0.193 e. The lowest BCUT2D eigenvalue weighted by molar-refractivity contribution is 1.61. The van der Waals surface area contributed by atoms with Crippen LogP contribution < -0.4 is 10.9 Å². The van der Waals surface area contributed by atoms with Gasteiger partial charge in [0.05, 0.1) is 0 Å². The standard InChI is InChI=1S/C24H16B/c1-4-11-19(12-5-1)22-17-10-18-23(20-13-6-2-7-14-20)24(22)25-21-15-8-3-9-16-21/h1-2,4-8,10-18H. The van der Waals surface area contributed by atoms with Crippen LogP contribution in [-0.4, -0.2) is 7.28 Å². The minimum Gasteiger partial charge on any atom is -0.0726 e. The van der Waals surface area contributed by atoms with Gasteiger partial charge in [0.2, 0.25) is 0 Å². The molecule has 0 aliphatic heterocycles. The molecule has 0 aromatic heterocycles. The normalized spacial score (nSPS) is 10.1. The summed E-state index contributed by atoms with van der Waals surface area (Å²) in [6, 6.07) is 39.5. The van der Waals surface area contributed by atoms with Gasteiger partial charge in [-0.05, 0) is 34.4 Å². The van der Waals surface area contributed by atoms with Gasteiger partial charge in [-0.2, -0.15) is 0 Å². The van der Waals surface area contributed by atoms with E-state index in [4.69, 9.17) is 0 Å². The van der Waals surface area contributed by atoms with Crippen molar-refractivity contribution in [3.05, 3.63) is 109 Å². The third-order valence-electron chi connectivity index (χ3n) is 4.27. The number of benzene rings is 3. The number of hydrogen-bond donors (Lipinski definition) is 0. The van der Waals surface area contributed by atoms with Gasteiger partial charge in [-0.25, -0.2) is 0 Å². The van der Waals surface area contributed by atoms with Crippen molar-refractivity contribution in [2.24, 2.45) is 0 Å². The smallest absolute Gasteiger partial charge is 0.0726 e. The molecule has 0 amide bonds. The van der Waals surface area contributed by atoms with Crippen molar-refractivity contribution >= 4 is 18.2 Å². The summed E-state index contributed by atoms with van der Waals surface area (Å²) in [6.07, 6.45) is 0. The lowest BCUT2D eigenvalue weighted by Gasteiger charge is -2.15. The summed E-state index contributed by atoms with van der Waals surface area (Å²) in [7, 11) is 2.23. The Labute approximate surface area is 150 Å². The third kappa shape index (κ3) is 3.34. The molecule has 0 heterocycles. The molecule has 0 fully saturated rings. The van der Waals surface area contributed by atoms with Gasteiger partial charge in [-0.1, -0.05) is 108 Å². The van der Waals surface area contributed by atoms with Crippen LogP contribution in [0.2, 0.25) is 0 Å². The molecule has 0 atom stereocenters. The summed E-state index contributed by atoms with van der Waals surface area (Å²) in [5.74, 6) is 0. The van der Waals surface area contributed by atoms with Gasteiger partial charge in [-0.3, -0.25) is 0 Å². The van der Waals surface area contributed by atoms with Crippen molar-refractivity contribution in [2.45, 2.75) is 0 Å². The van der Waals surface area contributed by atoms with Crippen LogP contribution >= 0.6 is 0 Å². The van der Waals surface area contributed by atoms with Gasteiger partial charge < -0.3 is 0 Å². The highest BCUT2D eigenvalue weighted by molar-refractivity contribution is 6.70. The van der Waals surface area contributed by atoms with Crippen molar-refractivity contribution in [3.63, 3.8) is 0 Å². The maximum absolute atomic E-state index is 3.04. The molecule has 0 unspecified atom stereocenters. The average molecular weight is 315 g/mol. The minimum atomic E-state index is 1.12. The highest BCUT2D eigenvalue weighted by atomic mass is 14.1. The molecule has 1 radical (unpaired) electrons. The predicted octanol–water partition coefficient (Wildman–Crippen LogP) is 4.28. The molecule has 4 aromatic rings. The minimum absolute atomic E-state index is 1.12. The fourth-order valence-electron chi connectivity index (χ4n) is 3.08. The van der Waals surface area contributed by atoms with Crippen LogP contribution in [0, 0.1) is 12.1 Å². The van der Waals surface area contributed by atoms with Crippen LogP contribution in [0.4, 0.5) is 0 Å². The van der Waals surface area contributed by atoms with Crippen LogP contribution in [0.25, 0.3) is 22.3 Å². The first-order valence-corrected chi connectivity index (χ1v) is 8.38. The van der Waals surface area contributed by atoms with E-state index in [1.807, 2.05) is 12.1 Å². The average Bonchev–Trinajstić information content (AvgIpc) is 2.70. The monoisotopic (exact) mass is 315 g/mol. The zero-order valence-electron chi connectivity index (χ0n) is 13.8. The number of hydrogen-bond acceptors (Lipinski definition) is 0. The lowest BCUT2D eigenvalue weighted by atomic mass is 9.59. The van der Waals surface area contributed by atoms with E-state index < -0.39 is 0 Å². The van der Waals surface area contributed by atoms with E-state index in [2.05, 4.69) is 104 Å². The summed E-state index contributed by atoms with van der Waals surface area (Å²) in [4.78, 5) is 0. The second kappa shape index (κ2) is 7.12. The van der Waals surface area contributed by atoms with E-state index in [0.29, 0.717) is 0 Å². The molecule has 0 aliphatic carbocycles. The van der Waals surface area contributed by atoms with E-state index >= 15 is 0 Å². The molecule has 1 heteroatoms. The Morgan fingerprint density at radius 2 is 1.16 bits per heavy atom. The summed E-state index contributed by atoms with van der Waals surface area (Å²) >= 11 is 0. The van der Waals surface area contributed by atoms with Gasteiger partial charge in [0.1, 0.15) is 0 Å². The second-order valence-corrected chi connectivity index (χ2v) is 5.91. The molecular formula is C24H16B. The van der Waals surface area contributed by atoms with Crippen LogP contribution in [0.15, 0.2) is 97.1 Å². The van der Waals surface area contributed by atoms with Crippen molar-refractivity contribution in [3.8, 4) is 22.3 Å². The van der Waals surface area contributed by atoms with Gasteiger partial charge in [-0.15, -0.1) is 0 Å². The zero-order valence-corrected chi connectivity index (χ0v) is 13.8. The fourth-order valence-corrected chi connectivity index (χ4v) is 3.08. The highest BCUT2D eigenvalue weighted by Gasteiger charge is 2.13. The van der Waals surface area contributed by atoms with Crippen molar-refractivity contribution in [1.82, 2.24) is 0 Å². The summed E-state index contributed by atoms with van der Waals surface area (Å²) < 4.78 is 0. The molecule has 0 bridgehead atoms. The third-order valence-corrected chi connectivity index (χ3v) is 4.27. The Morgan fingerprint density at radius 3 is 1.68 bits per heavy atom. The highest BCUT2D eigenvalue weighted by Crippen LogP contribution is 2.24.